The van der Waals surface area contributed by atoms with Crippen molar-refractivity contribution in [2.45, 2.75) is 58.0 Å². The van der Waals surface area contributed by atoms with Gasteiger partial charge < -0.3 is 14.9 Å². The summed E-state index contributed by atoms with van der Waals surface area (Å²) in [7, 11) is 0. The lowest BCUT2D eigenvalue weighted by Gasteiger charge is -2.56. The highest BCUT2D eigenvalue weighted by Gasteiger charge is 2.84. The molecule has 4 rings (SSSR count). The van der Waals surface area contributed by atoms with E-state index in [9.17, 15) is 15.0 Å². The van der Waals surface area contributed by atoms with Crippen LogP contribution in [0.1, 0.15) is 34.1 Å². The van der Waals surface area contributed by atoms with Gasteiger partial charge in [0.25, 0.3) is 0 Å². The van der Waals surface area contributed by atoms with E-state index in [1.54, 1.807) is 0 Å². The number of ketones is 1. The van der Waals surface area contributed by atoms with E-state index in [1.807, 2.05) is 13.8 Å². The molecule has 4 heteroatoms. The summed E-state index contributed by atoms with van der Waals surface area (Å²) in [6.45, 7) is 8.14. The molecule has 2 N–H and O–H groups in total. The first-order valence-electron chi connectivity index (χ1n) is 7.27. The molecule has 0 aromatic carbocycles. The molecule has 0 radical (unpaired) electrons. The highest BCUT2D eigenvalue weighted by atomic mass is 16.5. The summed E-state index contributed by atoms with van der Waals surface area (Å²) in [4.78, 5) is 12.6. The monoisotopic (exact) mass is 266 g/mol. The lowest BCUT2D eigenvalue weighted by atomic mass is 9.49. The zero-order chi connectivity index (χ0) is 14.0. The van der Waals surface area contributed by atoms with Gasteiger partial charge in [0.05, 0.1) is 17.6 Å². The Bertz CT molecular complexity index is 487. The maximum absolute atomic E-state index is 12.6. The van der Waals surface area contributed by atoms with Gasteiger partial charge >= 0.3 is 0 Å². The Hall–Kier alpha value is -0.450. The summed E-state index contributed by atoms with van der Waals surface area (Å²) in [5.74, 6) is -0.0186. The van der Waals surface area contributed by atoms with Gasteiger partial charge in [-0.2, -0.15) is 0 Å². The predicted octanol–water partition coefficient (Wildman–Crippen LogP) is 0.747. The van der Waals surface area contributed by atoms with Crippen molar-refractivity contribution in [2.75, 3.05) is 0 Å². The second-order valence-corrected chi connectivity index (χ2v) is 7.97. The van der Waals surface area contributed by atoms with Crippen molar-refractivity contribution in [1.29, 1.82) is 0 Å². The molecule has 0 aromatic heterocycles. The van der Waals surface area contributed by atoms with Crippen LogP contribution in [0.15, 0.2) is 0 Å². The highest BCUT2D eigenvalue weighted by molar-refractivity contribution is 5.93. The van der Waals surface area contributed by atoms with Gasteiger partial charge in [0, 0.05) is 5.92 Å². The third kappa shape index (κ3) is 0.930. The molecule has 4 nitrogen and oxygen atoms in total. The van der Waals surface area contributed by atoms with Gasteiger partial charge in [-0.25, -0.2) is 0 Å². The minimum absolute atomic E-state index is 0.109. The third-order valence-electron chi connectivity index (χ3n) is 7.00. The lowest BCUT2D eigenvalue weighted by Crippen LogP contribution is -2.65. The molecule has 1 heterocycles. The van der Waals surface area contributed by atoms with Crippen molar-refractivity contribution in [3.63, 3.8) is 0 Å². The number of rotatable bonds is 0. The van der Waals surface area contributed by atoms with E-state index in [4.69, 9.17) is 4.74 Å². The van der Waals surface area contributed by atoms with E-state index in [0.29, 0.717) is 0 Å². The molecule has 2 bridgehead atoms. The van der Waals surface area contributed by atoms with Crippen LogP contribution in [0.25, 0.3) is 0 Å². The molecular weight excluding hydrogens is 244 g/mol. The van der Waals surface area contributed by atoms with Gasteiger partial charge in [-0.05, 0) is 30.6 Å². The summed E-state index contributed by atoms with van der Waals surface area (Å²) in [5.41, 5.74) is -1.83. The van der Waals surface area contributed by atoms with Crippen molar-refractivity contribution < 1.29 is 19.7 Å². The Labute approximate surface area is 113 Å². The van der Waals surface area contributed by atoms with Gasteiger partial charge in [0.15, 0.2) is 5.78 Å². The van der Waals surface area contributed by atoms with Crippen LogP contribution in [0.5, 0.6) is 0 Å². The minimum atomic E-state index is -1.10. The van der Waals surface area contributed by atoms with Crippen LogP contribution in [-0.4, -0.2) is 39.9 Å². The number of hydrogen-bond acceptors (Lipinski definition) is 4. The fourth-order valence-corrected chi connectivity index (χ4v) is 5.91. The van der Waals surface area contributed by atoms with E-state index in [1.165, 1.54) is 0 Å². The van der Waals surface area contributed by atoms with E-state index >= 15 is 0 Å². The Morgan fingerprint density at radius 1 is 1.32 bits per heavy atom. The second kappa shape index (κ2) is 2.92. The third-order valence-corrected chi connectivity index (χ3v) is 7.00. The van der Waals surface area contributed by atoms with Crippen LogP contribution in [0, 0.1) is 28.6 Å². The average Bonchev–Trinajstić information content (AvgIpc) is 2.65. The SMILES string of the molecule is C[C@H]1[C@H]2O[C@@H]3[C@@H]4[C@@H](CC4(C)C)[C@](C)(C(=O)[C@@H]2O)[C@@]31O. The number of fused-ring (bicyclic) bond motifs is 4. The fraction of sp³-hybridized carbons (Fsp3) is 0.933. The summed E-state index contributed by atoms with van der Waals surface area (Å²) < 4.78 is 5.99. The molecule has 1 saturated heterocycles. The number of carbonyl (C=O) groups is 1. The van der Waals surface area contributed by atoms with Crippen molar-refractivity contribution >= 4 is 5.78 Å². The molecule has 4 fully saturated rings. The van der Waals surface area contributed by atoms with Gasteiger partial charge in [-0.3, -0.25) is 4.79 Å². The fourth-order valence-electron chi connectivity index (χ4n) is 5.91. The summed E-state index contributed by atoms with van der Waals surface area (Å²) in [5, 5.41) is 21.5. The smallest absolute Gasteiger partial charge is 0.173 e. The maximum atomic E-state index is 12.6. The molecule has 4 aliphatic rings. The van der Waals surface area contributed by atoms with Gasteiger partial charge in [0.1, 0.15) is 11.7 Å². The van der Waals surface area contributed by atoms with Crippen molar-refractivity contribution in [1.82, 2.24) is 0 Å². The van der Waals surface area contributed by atoms with Crippen molar-refractivity contribution in [2.24, 2.45) is 28.6 Å². The zero-order valence-electron chi connectivity index (χ0n) is 11.9. The number of Topliss-reactive ketones (excluding diaryl/α,β-unsaturated/α-hetero) is 1. The number of carbonyl (C=O) groups excluding carboxylic acids is 1. The standard InChI is InChI=1S/C15H22O4/c1-6-10-9(16)11(17)14(4)7-5-13(2,3)8(7)12(19-10)15(6,14)18/h6-10,12,16,18H,5H2,1-4H3/t6-,7+,8-,9+,10+,12+,14+,15-/m0/s1. The van der Waals surface area contributed by atoms with Crippen molar-refractivity contribution in [3.05, 3.63) is 0 Å². The first-order chi connectivity index (χ1) is 8.67. The van der Waals surface area contributed by atoms with Crippen LogP contribution in [0.4, 0.5) is 0 Å². The number of hydrogen-bond donors (Lipinski definition) is 2. The number of ether oxygens (including phenoxy) is 1. The molecule has 0 aromatic rings. The van der Waals surface area contributed by atoms with Crippen LogP contribution >= 0.6 is 0 Å². The normalized spacial score (nSPS) is 64.8. The number of aliphatic hydroxyl groups is 2. The molecule has 0 spiro atoms. The van der Waals surface area contributed by atoms with Gasteiger partial charge in [-0.15, -0.1) is 0 Å². The van der Waals surface area contributed by atoms with Crippen LogP contribution in [0.3, 0.4) is 0 Å². The van der Waals surface area contributed by atoms with Crippen LogP contribution < -0.4 is 0 Å². The molecular formula is C15H22O4. The van der Waals surface area contributed by atoms with E-state index in [0.717, 1.165) is 6.42 Å². The Morgan fingerprint density at radius 3 is 2.53 bits per heavy atom. The van der Waals surface area contributed by atoms with Crippen molar-refractivity contribution in [3.8, 4) is 0 Å². The maximum Gasteiger partial charge on any atom is 0.173 e. The summed E-state index contributed by atoms with van der Waals surface area (Å²) >= 11 is 0. The Balaban J connectivity index is 1.93. The topological polar surface area (TPSA) is 66.8 Å². The zero-order valence-corrected chi connectivity index (χ0v) is 11.9. The van der Waals surface area contributed by atoms with Gasteiger partial charge in [0.2, 0.25) is 0 Å². The molecule has 3 aliphatic carbocycles. The Morgan fingerprint density at radius 2 is 1.95 bits per heavy atom. The molecule has 0 unspecified atom stereocenters. The molecule has 3 saturated carbocycles. The second-order valence-electron chi connectivity index (χ2n) is 7.97. The molecule has 0 amide bonds. The minimum Gasteiger partial charge on any atom is -0.386 e. The van der Waals surface area contributed by atoms with Crippen LogP contribution in [-0.2, 0) is 9.53 Å². The Kier molecular flexibility index (Phi) is 1.89. The largest absolute Gasteiger partial charge is 0.386 e. The predicted molar refractivity (Wildman–Crippen MR) is 67.3 cm³/mol. The molecule has 19 heavy (non-hydrogen) atoms. The number of aliphatic hydroxyl groups excluding tert-OH is 1. The first kappa shape index (κ1) is 12.3. The van der Waals surface area contributed by atoms with Crippen LogP contribution in [0.2, 0.25) is 0 Å². The highest BCUT2D eigenvalue weighted by Crippen LogP contribution is 2.75. The lowest BCUT2D eigenvalue weighted by molar-refractivity contribution is -0.188. The van der Waals surface area contributed by atoms with E-state index < -0.39 is 23.2 Å². The van der Waals surface area contributed by atoms with E-state index in [2.05, 4.69) is 13.8 Å². The summed E-state index contributed by atoms with van der Waals surface area (Å²) in [6.07, 6.45) is -0.984. The average molecular weight is 266 g/mol. The van der Waals surface area contributed by atoms with Gasteiger partial charge in [-0.1, -0.05) is 20.8 Å². The first-order valence-corrected chi connectivity index (χ1v) is 7.27. The molecule has 1 aliphatic heterocycles. The quantitative estimate of drug-likeness (QED) is 0.679. The molecule has 106 valence electrons. The van der Waals surface area contributed by atoms with E-state index in [-0.39, 0.29) is 35.1 Å². The molecule has 8 atom stereocenters. The summed E-state index contributed by atoms with van der Waals surface area (Å²) in [6, 6.07) is 0.